The maximum absolute atomic E-state index is 14.0. The van der Waals surface area contributed by atoms with E-state index < -0.39 is 16.9 Å². The minimum absolute atomic E-state index is 0.0516. The summed E-state index contributed by atoms with van der Waals surface area (Å²) in [5.74, 6) is -0.0393. The molecule has 0 unspecified atom stereocenters. The average Bonchev–Trinajstić information content (AvgIpc) is 3.56. The molecule has 3 aromatic rings. The minimum Gasteiger partial charge on any atom is -0.496 e. The predicted octanol–water partition coefficient (Wildman–Crippen LogP) is 3.32. The Hall–Kier alpha value is -4.25. The zero-order chi connectivity index (χ0) is 27.7. The number of para-hydroxylation sites is 1. The number of rotatable bonds is 7. The first-order valence-electron chi connectivity index (χ1n) is 12.7. The molecule has 0 saturated carbocycles. The molecule has 0 spiro atoms. The fraction of sp³-hybridized carbons (Fsp3) is 0.321. The van der Waals surface area contributed by atoms with E-state index in [2.05, 4.69) is 9.89 Å². The van der Waals surface area contributed by atoms with Gasteiger partial charge in [-0.1, -0.05) is 29.5 Å². The maximum atomic E-state index is 14.0. The van der Waals surface area contributed by atoms with Gasteiger partial charge >= 0.3 is 5.97 Å². The highest BCUT2D eigenvalue weighted by molar-refractivity contribution is 7.07. The number of allylic oxidation sites excluding steroid dienone is 1. The standard InChI is InChI=1S/C28H28N4O6S/c1-4-38-27(34)24-17(2)29-28-31(25(24)20-9-5-6-10-22(20)37-3)26(33)23(39-28)16-18-15-19(32(35)36)11-12-21(18)30-13-7-8-14-30/h5-6,9-12,15-16,25H,4,7-8,13-14H2,1-3H3/t25-/m1/s1. The zero-order valence-electron chi connectivity index (χ0n) is 21.9. The molecule has 0 radical (unpaired) electrons. The van der Waals surface area contributed by atoms with Crippen LogP contribution in [0.1, 0.15) is 43.9 Å². The Morgan fingerprint density at radius 2 is 1.97 bits per heavy atom. The van der Waals surface area contributed by atoms with E-state index >= 15 is 0 Å². The SMILES string of the molecule is CCOC(=O)C1=C(C)N=c2sc(=Cc3cc([N+](=O)[O-])ccc3N3CCCC3)c(=O)n2[C@@H]1c1ccccc1OC. The molecule has 5 rings (SSSR count). The highest BCUT2D eigenvalue weighted by Crippen LogP contribution is 2.36. The second-order valence-electron chi connectivity index (χ2n) is 9.24. The number of ether oxygens (including phenoxy) is 2. The third-order valence-electron chi connectivity index (χ3n) is 6.91. The third kappa shape index (κ3) is 4.85. The minimum atomic E-state index is -0.818. The molecule has 2 aromatic carbocycles. The maximum Gasteiger partial charge on any atom is 0.338 e. The molecule has 11 heteroatoms. The number of nitro benzene ring substituents is 1. The van der Waals surface area contributed by atoms with Crippen LogP contribution in [0.3, 0.4) is 0 Å². The number of thiazole rings is 1. The van der Waals surface area contributed by atoms with Crippen LogP contribution in [-0.2, 0) is 9.53 Å². The van der Waals surface area contributed by atoms with Crippen LogP contribution in [0.4, 0.5) is 11.4 Å². The smallest absolute Gasteiger partial charge is 0.338 e. The Balaban J connectivity index is 1.75. The summed E-state index contributed by atoms with van der Waals surface area (Å²) in [5, 5.41) is 11.6. The van der Waals surface area contributed by atoms with Crippen LogP contribution in [-0.4, -0.2) is 42.3 Å². The van der Waals surface area contributed by atoms with E-state index in [4.69, 9.17) is 9.47 Å². The monoisotopic (exact) mass is 548 g/mol. The molecule has 0 N–H and O–H groups in total. The summed E-state index contributed by atoms with van der Waals surface area (Å²) in [5.41, 5.74) is 2.35. The zero-order valence-corrected chi connectivity index (χ0v) is 22.7. The van der Waals surface area contributed by atoms with Crippen molar-refractivity contribution in [1.82, 2.24) is 4.57 Å². The summed E-state index contributed by atoms with van der Waals surface area (Å²) in [7, 11) is 1.53. The van der Waals surface area contributed by atoms with Crippen molar-refractivity contribution in [3.8, 4) is 5.75 Å². The predicted molar refractivity (Wildman–Crippen MR) is 148 cm³/mol. The number of carbonyl (C=O) groups excluding carboxylic acids is 1. The molecule has 10 nitrogen and oxygen atoms in total. The van der Waals surface area contributed by atoms with Gasteiger partial charge in [-0.15, -0.1) is 0 Å². The van der Waals surface area contributed by atoms with Crippen molar-refractivity contribution >= 4 is 34.8 Å². The number of nitro groups is 1. The Labute approximate surface area is 228 Å². The lowest BCUT2D eigenvalue weighted by atomic mass is 9.95. The Bertz CT molecular complexity index is 1670. The van der Waals surface area contributed by atoms with Crippen LogP contribution in [0.2, 0.25) is 0 Å². The van der Waals surface area contributed by atoms with Gasteiger partial charge in [0.2, 0.25) is 0 Å². The fourth-order valence-electron chi connectivity index (χ4n) is 5.14. The first kappa shape index (κ1) is 26.4. The van der Waals surface area contributed by atoms with Crippen LogP contribution >= 0.6 is 11.3 Å². The summed E-state index contributed by atoms with van der Waals surface area (Å²) < 4.78 is 12.8. The average molecular weight is 549 g/mol. The lowest BCUT2D eigenvalue weighted by Gasteiger charge is -2.25. The van der Waals surface area contributed by atoms with Gasteiger partial charge in [-0.3, -0.25) is 19.5 Å². The quantitative estimate of drug-likeness (QED) is 0.253. The summed E-state index contributed by atoms with van der Waals surface area (Å²) in [6.07, 6.45) is 3.76. The number of nitrogens with zero attached hydrogens (tertiary/aromatic N) is 4. The highest BCUT2D eigenvalue weighted by Gasteiger charge is 2.35. The molecule has 39 heavy (non-hydrogen) atoms. The van der Waals surface area contributed by atoms with Gasteiger partial charge in [0.05, 0.1) is 34.4 Å². The largest absolute Gasteiger partial charge is 0.496 e. The normalized spacial score (nSPS) is 17.2. The lowest BCUT2D eigenvalue weighted by Crippen LogP contribution is -2.40. The Morgan fingerprint density at radius 1 is 1.23 bits per heavy atom. The molecule has 0 aliphatic carbocycles. The number of esters is 1. The van der Waals surface area contributed by atoms with Crippen molar-refractivity contribution in [1.29, 1.82) is 0 Å². The van der Waals surface area contributed by atoms with Gasteiger partial charge in [-0.05, 0) is 44.9 Å². The lowest BCUT2D eigenvalue weighted by molar-refractivity contribution is -0.384. The van der Waals surface area contributed by atoms with E-state index in [-0.39, 0.29) is 23.4 Å². The first-order chi connectivity index (χ1) is 18.8. The molecule has 1 atom stereocenters. The first-order valence-corrected chi connectivity index (χ1v) is 13.5. The number of non-ortho nitro benzene ring substituents is 1. The van der Waals surface area contributed by atoms with Crippen LogP contribution in [0, 0.1) is 10.1 Å². The molecule has 2 aliphatic rings. The van der Waals surface area contributed by atoms with E-state index in [9.17, 15) is 19.7 Å². The van der Waals surface area contributed by atoms with Crippen LogP contribution in [0.15, 0.2) is 63.5 Å². The second-order valence-corrected chi connectivity index (χ2v) is 10.2. The topological polar surface area (TPSA) is 116 Å². The third-order valence-corrected chi connectivity index (χ3v) is 7.89. The van der Waals surface area contributed by atoms with Crippen molar-refractivity contribution in [3.05, 3.63) is 94.7 Å². The number of benzene rings is 2. The summed E-state index contributed by atoms with van der Waals surface area (Å²) in [4.78, 5) is 45.5. The number of anilines is 1. The molecular weight excluding hydrogens is 520 g/mol. The number of hydrogen-bond donors (Lipinski definition) is 0. The van der Waals surface area contributed by atoms with E-state index in [0.29, 0.717) is 31.9 Å². The van der Waals surface area contributed by atoms with E-state index in [1.54, 1.807) is 32.1 Å². The van der Waals surface area contributed by atoms with Crippen molar-refractivity contribution < 1.29 is 19.2 Å². The summed E-state index contributed by atoms with van der Waals surface area (Å²) >= 11 is 1.18. The highest BCUT2D eigenvalue weighted by atomic mass is 32.1. The molecule has 2 aliphatic heterocycles. The number of carbonyl (C=O) groups is 1. The van der Waals surface area contributed by atoms with E-state index in [0.717, 1.165) is 31.6 Å². The number of hydrogen-bond acceptors (Lipinski definition) is 9. The van der Waals surface area contributed by atoms with Crippen molar-refractivity contribution in [3.63, 3.8) is 0 Å². The van der Waals surface area contributed by atoms with Crippen LogP contribution in [0.5, 0.6) is 5.75 Å². The molecule has 3 heterocycles. The van der Waals surface area contributed by atoms with Gasteiger partial charge in [-0.25, -0.2) is 9.79 Å². The molecule has 202 valence electrons. The number of methoxy groups -OCH3 is 1. The Kier molecular flexibility index (Phi) is 7.34. The molecule has 1 fully saturated rings. The van der Waals surface area contributed by atoms with Gasteiger partial charge in [0, 0.05) is 42.0 Å². The van der Waals surface area contributed by atoms with Crippen LogP contribution < -0.4 is 24.5 Å². The van der Waals surface area contributed by atoms with Crippen molar-refractivity contribution in [2.24, 2.45) is 4.99 Å². The molecule has 1 aromatic heterocycles. The molecule has 0 bridgehead atoms. The van der Waals surface area contributed by atoms with Crippen LogP contribution in [0.25, 0.3) is 6.08 Å². The Morgan fingerprint density at radius 3 is 2.67 bits per heavy atom. The van der Waals surface area contributed by atoms with Gasteiger partial charge in [0.1, 0.15) is 11.8 Å². The second kappa shape index (κ2) is 10.9. The van der Waals surface area contributed by atoms with E-state index in [1.807, 2.05) is 18.2 Å². The van der Waals surface area contributed by atoms with Crippen molar-refractivity contribution in [2.45, 2.75) is 32.7 Å². The summed E-state index contributed by atoms with van der Waals surface area (Å²) in [6, 6.07) is 11.1. The van der Waals surface area contributed by atoms with Gasteiger partial charge in [-0.2, -0.15) is 0 Å². The number of fused-ring (bicyclic) bond motifs is 1. The van der Waals surface area contributed by atoms with E-state index in [1.165, 1.54) is 35.1 Å². The summed E-state index contributed by atoms with van der Waals surface area (Å²) in [6.45, 7) is 5.30. The van der Waals surface area contributed by atoms with Gasteiger partial charge in [0.25, 0.3) is 11.2 Å². The fourth-order valence-corrected chi connectivity index (χ4v) is 6.17. The van der Waals surface area contributed by atoms with Crippen molar-refractivity contribution in [2.75, 3.05) is 31.7 Å². The van der Waals surface area contributed by atoms with Gasteiger partial charge < -0.3 is 14.4 Å². The molecule has 1 saturated heterocycles. The molecular formula is C28H28N4O6S. The molecule has 0 amide bonds. The number of aromatic nitrogens is 1. The van der Waals surface area contributed by atoms with Gasteiger partial charge in [0.15, 0.2) is 4.80 Å².